The molecule has 0 spiro atoms. The van der Waals surface area contributed by atoms with E-state index in [1.54, 1.807) is 0 Å². The fourth-order valence-electron chi connectivity index (χ4n) is 13.5. The maximum absolute atomic E-state index is 6.97. The lowest BCUT2D eigenvalue weighted by Gasteiger charge is -2.48. The van der Waals surface area contributed by atoms with E-state index in [9.17, 15) is 0 Å². The molecule has 73 heavy (non-hydrogen) atoms. The van der Waals surface area contributed by atoms with Crippen LogP contribution >= 0.6 is 0 Å². The first-order chi connectivity index (χ1) is 35.0. The van der Waals surface area contributed by atoms with Gasteiger partial charge >= 0.3 is 6.85 Å². The summed E-state index contributed by atoms with van der Waals surface area (Å²) in [5.74, 6) is 2.87. The van der Waals surface area contributed by atoms with Gasteiger partial charge in [0.15, 0.2) is 23.0 Å². The standard InChI is InChI=1S/C68H61BN2O2/c1-40-34-51-52(67(7,8)33-32-66(51,5)6)37-55(40)70-56-39-60-59(72-57-26-18-19-27-58(57)73-60)38-53(56)69-62-48(35-42-22-14-15-23-44(42)64(62)70)45-29-30-50-61(46-24-16-17-25-49(46)68(50,9)10)63(45)71(69)54-31-28-43(65(2,3)4)36-47(54)41-20-12-11-13-21-41/h11-31,34-39H,32-33H2,1-10H3. The Hall–Kier alpha value is -7.50. The van der Waals surface area contributed by atoms with Gasteiger partial charge in [0, 0.05) is 56.3 Å². The van der Waals surface area contributed by atoms with Crippen LogP contribution in [0.25, 0.3) is 44.2 Å². The van der Waals surface area contributed by atoms with Gasteiger partial charge in [-0.2, -0.15) is 0 Å². The highest BCUT2D eigenvalue weighted by Gasteiger charge is 2.51. The first-order valence-corrected chi connectivity index (χ1v) is 26.4. The van der Waals surface area contributed by atoms with E-state index in [1.807, 2.05) is 24.3 Å². The number of benzene rings is 9. The molecule has 0 saturated carbocycles. The van der Waals surface area contributed by atoms with Gasteiger partial charge in [0.2, 0.25) is 0 Å². The molecule has 0 bridgehead atoms. The zero-order chi connectivity index (χ0) is 50.1. The first kappa shape index (κ1) is 44.2. The Labute approximate surface area is 431 Å². The number of nitrogens with zero attached hydrogens (tertiary/aromatic N) is 2. The van der Waals surface area contributed by atoms with Gasteiger partial charge in [-0.05, 0) is 145 Å². The second kappa shape index (κ2) is 15.0. The van der Waals surface area contributed by atoms with Crippen molar-refractivity contribution in [3.05, 3.63) is 197 Å². The van der Waals surface area contributed by atoms with E-state index in [2.05, 4.69) is 218 Å². The number of rotatable bonds is 3. The third kappa shape index (κ3) is 6.27. The molecular formula is C68H61BN2O2. The molecule has 0 fully saturated rings. The van der Waals surface area contributed by atoms with Gasteiger partial charge in [0.25, 0.3) is 0 Å². The minimum atomic E-state index is -0.293. The SMILES string of the molecule is Cc1cc2c(cc1N1c3cc4c(cc3B3c5c(cc6ccccc6c51)-c1ccc5c(c1N3c1ccc(C(C)(C)C)cc1-c1ccccc1)-c1ccccc1C5(C)C)Oc1ccccc1O4)C(C)(C)CCC2(C)C. The largest absolute Gasteiger partial charge is 0.450 e. The number of hydrogen-bond acceptors (Lipinski definition) is 4. The van der Waals surface area contributed by atoms with Crippen LogP contribution in [0.4, 0.5) is 28.4 Å². The number of hydrogen-bond donors (Lipinski definition) is 0. The normalized spacial score (nSPS) is 16.7. The van der Waals surface area contributed by atoms with E-state index in [-0.39, 0.29) is 28.5 Å². The van der Waals surface area contributed by atoms with Crippen LogP contribution in [0.15, 0.2) is 164 Å². The summed E-state index contributed by atoms with van der Waals surface area (Å²) in [6.45, 7) is 23.6. The molecule has 0 N–H and O–H groups in total. The zero-order valence-electron chi connectivity index (χ0n) is 43.8. The predicted molar refractivity (Wildman–Crippen MR) is 306 cm³/mol. The molecule has 0 unspecified atom stereocenters. The average Bonchev–Trinajstić information content (AvgIpc) is 3.62. The number of para-hydroxylation sites is 2. The van der Waals surface area contributed by atoms with Crippen molar-refractivity contribution in [2.75, 3.05) is 9.71 Å². The molecular weight excluding hydrogens is 888 g/mol. The van der Waals surface area contributed by atoms with Crippen molar-refractivity contribution in [1.29, 1.82) is 0 Å². The Morgan fingerprint density at radius 1 is 0.493 bits per heavy atom. The van der Waals surface area contributed by atoms with Crippen LogP contribution in [0.5, 0.6) is 23.0 Å². The summed E-state index contributed by atoms with van der Waals surface area (Å²) in [4.78, 5) is 5.38. The molecule has 358 valence electrons. The second-order valence-electron chi connectivity index (χ2n) is 24.4. The van der Waals surface area contributed by atoms with E-state index in [0.29, 0.717) is 5.75 Å². The number of anilines is 5. The Kier molecular flexibility index (Phi) is 9.11. The van der Waals surface area contributed by atoms with Gasteiger partial charge in [-0.15, -0.1) is 0 Å². The molecule has 5 aliphatic rings. The van der Waals surface area contributed by atoms with Crippen LogP contribution < -0.4 is 30.1 Å². The fourth-order valence-corrected chi connectivity index (χ4v) is 13.5. The van der Waals surface area contributed by atoms with Gasteiger partial charge in [0.1, 0.15) is 0 Å². The second-order valence-corrected chi connectivity index (χ2v) is 24.4. The van der Waals surface area contributed by atoms with Crippen LogP contribution in [0.2, 0.25) is 0 Å². The third-order valence-corrected chi connectivity index (χ3v) is 17.6. The quantitative estimate of drug-likeness (QED) is 0.165. The summed E-state index contributed by atoms with van der Waals surface area (Å²) in [6, 6.07) is 61.8. The van der Waals surface area contributed by atoms with E-state index >= 15 is 0 Å². The molecule has 0 amide bonds. The third-order valence-electron chi connectivity index (χ3n) is 17.6. The van der Waals surface area contributed by atoms with Crippen molar-refractivity contribution in [3.8, 4) is 56.4 Å². The molecule has 14 rings (SSSR count). The van der Waals surface area contributed by atoms with Crippen LogP contribution in [-0.2, 0) is 21.7 Å². The van der Waals surface area contributed by atoms with E-state index < -0.39 is 0 Å². The lowest BCUT2D eigenvalue weighted by Crippen LogP contribution is -2.62. The first-order valence-electron chi connectivity index (χ1n) is 26.4. The molecule has 4 nitrogen and oxygen atoms in total. The van der Waals surface area contributed by atoms with Gasteiger partial charge in [-0.1, -0.05) is 178 Å². The number of ether oxygens (including phenoxy) is 2. The number of aryl methyl sites for hydroxylation is 1. The Balaban J connectivity index is 1.17. The smallest absolute Gasteiger partial charge is 0.333 e. The summed E-state index contributed by atoms with van der Waals surface area (Å²) in [5, 5.41) is 2.43. The highest BCUT2D eigenvalue weighted by Crippen LogP contribution is 2.60. The van der Waals surface area contributed by atoms with Gasteiger partial charge in [-0.3, -0.25) is 0 Å². The van der Waals surface area contributed by atoms with Crippen LogP contribution in [0.1, 0.15) is 109 Å². The topological polar surface area (TPSA) is 24.9 Å². The van der Waals surface area contributed by atoms with Crippen LogP contribution in [-0.4, -0.2) is 6.85 Å². The predicted octanol–water partition coefficient (Wildman–Crippen LogP) is 17.4. The molecule has 5 heteroatoms. The van der Waals surface area contributed by atoms with Gasteiger partial charge in [0.05, 0.1) is 5.69 Å². The molecule has 9 aromatic rings. The Bertz CT molecular complexity index is 3860. The molecule has 9 aromatic carbocycles. The Morgan fingerprint density at radius 2 is 1.15 bits per heavy atom. The van der Waals surface area contributed by atoms with Gasteiger partial charge < -0.3 is 19.2 Å². The highest BCUT2D eigenvalue weighted by molar-refractivity contribution is 6.94. The van der Waals surface area contributed by atoms with Crippen molar-refractivity contribution in [1.82, 2.24) is 0 Å². The summed E-state index contributed by atoms with van der Waals surface area (Å²) in [5.41, 5.74) is 23.8. The van der Waals surface area contributed by atoms with Crippen LogP contribution in [0, 0.1) is 6.92 Å². The monoisotopic (exact) mass is 948 g/mol. The van der Waals surface area contributed by atoms with Gasteiger partial charge in [-0.25, -0.2) is 0 Å². The van der Waals surface area contributed by atoms with Crippen molar-refractivity contribution in [3.63, 3.8) is 0 Å². The van der Waals surface area contributed by atoms with E-state index in [1.165, 1.54) is 106 Å². The minimum Gasteiger partial charge on any atom is -0.450 e. The maximum Gasteiger partial charge on any atom is 0.333 e. The molecule has 0 saturated heterocycles. The average molecular weight is 949 g/mol. The summed E-state index contributed by atoms with van der Waals surface area (Å²) in [6.07, 6.45) is 2.29. The molecule has 3 heterocycles. The molecule has 0 aromatic heterocycles. The fraction of sp³-hybridized carbons (Fsp3) is 0.235. The van der Waals surface area contributed by atoms with Crippen LogP contribution in [0.3, 0.4) is 0 Å². The Morgan fingerprint density at radius 3 is 1.89 bits per heavy atom. The molecule has 3 aliphatic heterocycles. The lowest BCUT2D eigenvalue weighted by atomic mass is 9.43. The lowest BCUT2D eigenvalue weighted by molar-refractivity contribution is 0.332. The highest BCUT2D eigenvalue weighted by atomic mass is 16.6. The van der Waals surface area contributed by atoms with Crippen molar-refractivity contribution in [2.45, 2.75) is 104 Å². The summed E-state index contributed by atoms with van der Waals surface area (Å²) < 4.78 is 13.9. The summed E-state index contributed by atoms with van der Waals surface area (Å²) in [7, 11) is 0. The number of fused-ring (bicyclic) bond motifs is 13. The van der Waals surface area contributed by atoms with Crippen molar-refractivity contribution < 1.29 is 9.47 Å². The minimum absolute atomic E-state index is 0.00358. The molecule has 2 aliphatic carbocycles. The van der Waals surface area contributed by atoms with E-state index in [0.717, 1.165) is 41.2 Å². The van der Waals surface area contributed by atoms with E-state index in [4.69, 9.17) is 9.47 Å². The van der Waals surface area contributed by atoms with Crippen molar-refractivity contribution >= 4 is 57.0 Å². The molecule has 0 atom stereocenters. The zero-order valence-corrected chi connectivity index (χ0v) is 43.8. The maximum atomic E-state index is 6.97. The summed E-state index contributed by atoms with van der Waals surface area (Å²) >= 11 is 0. The van der Waals surface area contributed by atoms with Crippen molar-refractivity contribution in [2.24, 2.45) is 0 Å². The molecule has 0 radical (unpaired) electrons.